The molecule has 2 unspecified atom stereocenters. The summed E-state index contributed by atoms with van der Waals surface area (Å²) in [4.78, 5) is 48.4. The Morgan fingerprint density at radius 1 is 0.889 bits per heavy atom. The predicted molar refractivity (Wildman–Crippen MR) is 176 cm³/mol. The molecule has 232 valence electrons. The molecule has 0 spiro atoms. The molecule has 0 saturated carbocycles. The fraction of sp³-hybridized carbons (Fsp3) is 0.333. The largest absolute Gasteiger partial charge is 0.481 e. The van der Waals surface area contributed by atoms with E-state index < -0.39 is 24.2 Å². The number of nitrogens with zero attached hydrogens (tertiary/aromatic N) is 4. The second-order valence-electron chi connectivity index (χ2n) is 12.5. The van der Waals surface area contributed by atoms with Crippen LogP contribution in [0.15, 0.2) is 55.0 Å². The minimum atomic E-state index is -1.01. The smallest absolute Gasteiger partial charge is 0.304 e. The highest BCUT2D eigenvalue weighted by atomic mass is 16.4. The standard InChI is InChI=1S/C36H39N5O4/c1-8-23(16-29(42)43)41-33(34(44)24-17-39(6)27-14-19(2)12-21(4)30(24)27)32-26(10-9-11-37-32)38-36(41)35(45)25-18-40(7)28-15-20(3)13-22(5)31(25)28/h9-15,17-18,23,33,36,38H,8,16H2,1-7H3,(H,42,43)/t23-,33?,36?/m1/s1. The van der Waals surface area contributed by atoms with Crippen LogP contribution in [0, 0.1) is 27.7 Å². The molecular weight excluding hydrogens is 566 g/mol. The van der Waals surface area contributed by atoms with E-state index >= 15 is 0 Å². The molecule has 2 aromatic carbocycles. The van der Waals surface area contributed by atoms with E-state index in [-0.39, 0.29) is 18.0 Å². The molecule has 0 amide bonds. The van der Waals surface area contributed by atoms with Crippen molar-refractivity contribution in [1.29, 1.82) is 0 Å². The Balaban J connectivity index is 1.58. The molecule has 3 atom stereocenters. The van der Waals surface area contributed by atoms with E-state index in [1.165, 1.54) is 0 Å². The number of rotatable bonds is 8. The second-order valence-corrected chi connectivity index (χ2v) is 12.5. The van der Waals surface area contributed by atoms with Crippen molar-refractivity contribution in [3.8, 4) is 0 Å². The normalized spacial score (nSPS) is 17.3. The Morgan fingerprint density at radius 2 is 1.44 bits per heavy atom. The quantitative estimate of drug-likeness (QED) is 0.197. The van der Waals surface area contributed by atoms with Crippen molar-refractivity contribution in [1.82, 2.24) is 19.0 Å². The lowest BCUT2D eigenvalue weighted by Gasteiger charge is -2.45. The fourth-order valence-electron chi connectivity index (χ4n) is 7.29. The summed E-state index contributed by atoms with van der Waals surface area (Å²) < 4.78 is 3.90. The van der Waals surface area contributed by atoms with E-state index in [1.807, 2.05) is 76.3 Å². The summed E-state index contributed by atoms with van der Waals surface area (Å²) in [6, 6.07) is 10.2. The average Bonchev–Trinajstić information content (AvgIpc) is 3.50. The number of aryl methyl sites for hydroxylation is 6. The van der Waals surface area contributed by atoms with Crippen LogP contribution in [0.2, 0.25) is 0 Å². The van der Waals surface area contributed by atoms with Gasteiger partial charge in [-0.05, 0) is 80.6 Å². The van der Waals surface area contributed by atoms with Crippen molar-refractivity contribution in [2.75, 3.05) is 5.32 Å². The number of fused-ring (bicyclic) bond motifs is 3. The Hall–Kier alpha value is -4.76. The maximum atomic E-state index is 15.0. The number of benzene rings is 2. The number of carboxylic acid groups (broad SMARTS) is 1. The molecule has 9 heteroatoms. The third-order valence-corrected chi connectivity index (χ3v) is 9.18. The van der Waals surface area contributed by atoms with Gasteiger partial charge in [-0.1, -0.05) is 19.1 Å². The number of hydrogen-bond acceptors (Lipinski definition) is 6. The number of carbonyl (C=O) groups excluding carboxylic acids is 2. The molecule has 3 aromatic heterocycles. The number of Topliss-reactive ketones (excluding diaryl/α,β-unsaturated/α-hetero) is 2. The molecule has 1 aliphatic heterocycles. The molecule has 9 nitrogen and oxygen atoms in total. The van der Waals surface area contributed by atoms with Crippen LogP contribution in [0.5, 0.6) is 0 Å². The van der Waals surface area contributed by atoms with Gasteiger partial charge in [-0.3, -0.25) is 24.3 Å². The molecule has 0 bridgehead atoms. The van der Waals surface area contributed by atoms with E-state index in [2.05, 4.69) is 34.6 Å². The average molecular weight is 606 g/mol. The summed E-state index contributed by atoms with van der Waals surface area (Å²) in [7, 11) is 3.83. The van der Waals surface area contributed by atoms with Gasteiger partial charge in [-0.25, -0.2) is 0 Å². The van der Waals surface area contributed by atoms with E-state index in [9.17, 15) is 19.5 Å². The Bertz CT molecular complexity index is 2020. The summed E-state index contributed by atoms with van der Waals surface area (Å²) >= 11 is 0. The van der Waals surface area contributed by atoms with Gasteiger partial charge in [0.15, 0.2) is 5.78 Å². The number of carbonyl (C=O) groups is 3. The monoisotopic (exact) mass is 605 g/mol. The van der Waals surface area contributed by atoms with Gasteiger partial charge >= 0.3 is 5.97 Å². The number of ketones is 2. The van der Waals surface area contributed by atoms with Crippen LogP contribution in [0.1, 0.15) is 74.5 Å². The predicted octanol–water partition coefficient (Wildman–Crippen LogP) is 6.41. The lowest BCUT2D eigenvalue weighted by molar-refractivity contribution is -0.138. The Kier molecular flexibility index (Phi) is 7.61. The minimum absolute atomic E-state index is 0.222. The lowest BCUT2D eigenvalue weighted by Crippen LogP contribution is -2.58. The molecule has 2 N–H and O–H groups in total. The van der Waals surface area contributed by atoms with E-state index in [0.29, 0.717) is 28.9 Å². The maximum absolute atomic E-state index is 15.0. The van der Waals surface area contributed by atoms with Crippen LogP contribution in [0.25, 0.3) is 21.8 Å². The molecule has 5 aromatic rings. The minimum Gasteiger partial charge on any atom is -0.481 e. The number of aromatic nitrogens is 3. The first-order chi connectivity index (χ1) is 21.4. The molecule has 0 fully saturated rings. The zero-order chi connectivity index (χ0) is 32.3. The van der Waals surface area contributed by atoms with Gasteiger partial charge in [-0.2, -0.15) is 0 Å². The molecule has 1 aliphatic rings. The van der Waals surface area contributed by atoms with Gasteiger partial charge in [0.2, 0.25) is 5.78 Å². The number of aliphatic carboxylic acids is 1. The summed E-state index contributed by atoms with van der Waals surface area (Å²) in [6.45, 7) is 9.93. The van der Waals surface area contributed by atoms with Crippen LogP contribution in [0.4, 0.5) is 5.69 Å². The third kappa shape index (κ3) is 5.01. The number of pyridine rings is 1. The summed E-state index contributed by atoms with van der Waals surface area (Å²) in [5.41, 5.74) is 8.10. The van der Waals surface area contributed by atoms with Crippen LogP contribution < -0.4 is 5.32 Å². The van der Waals surface area contributed by atoms with Gasteiger partial charge in [0.25, 0.3) is 0 Å². The second kappa shape index (κ2) is 11.3. The van der Waals surface area contributed by atoms with Gasteiger partial charge < -0.3 is 19.6 Å². The van der Waals surface area contributed by atoms with Crippen molar-refractivity contribution in [3.05, 3.63) is 94.1 Å². The summed E-state index contributed by atoms with van der Waals surface area (Å²) in [5, 5.41) is 15.1. The first kappa shape index (κ1) is 30.3. The molecule has 45 heavy (non-hydrogen) atoms. The first-order valence-corrected chi connectivity index (χ1v) is 15.3. The van der Waals surface area contributed by atoms with E-state index in [0.717, 1.165) is 44.1 Å². The van der Waals surface area contributed by atoms with Crippen LogP contribution in [-0.4, -0.2) is 53.9 Å². The lowest BCUT2D eigenvalue weighted by atomic mass is 9.89. The highest BCUT2D eigenvalue weighted by Crippen LogP contribution is 2.41. The Morgan fingerprint density at radius 3 is 1.98 bits per heavy atom. The highest BCUT2D eigenvalue weighted by Gasteiger charge is 2.47. The molecule has 6 rings (SSSR count). The fourth-order valence-corrected chi connectivity index (χ4v) is 7.29. The highest BCUT2D eigenvalue weighted by molar-refractivity contribution is 6.15. The molecule has 0 radical (unpaired) electrons. The zero-order valence-corrected chi connectivity index (χ0v) is 26.8. The van der Waals surface area contributed by atoms with Crippen LogP contribution >= 0.6 is 0 Å². The summed E-state index contributed by atoms with van der Waals surface area (Å²) in [5.74, 6) is -1.45. The summed E-state index contributed by atoms with van der Waals surface area (Å²) in [6.07, 6.45) is 4.47. The molecule has 0 saturated heterocycles. The van der Waals surface area contributed by atoms with Crippen LogP contribution in [0.3, 0.4) is 0 Å². The van der Waals surface area contributed by atoms with Crippen molar-refractivity contribution >= 4 is 45.0 Å². The van der Waals surface area contributed by atoms with Gasteiger partial charge in [0.05, 0.1) is 17.8 Å². The number of anilines is 1. The van der Waals surface area contributed by atoms with E-state index in [4.69, 9.17) is 0 Å². The first-order valence-electron chi connectivity index (χ1n) is 15.3. The number of hydrogen-bond donors (Lipinski definition) is 2. The van der Waals surface area contributed by atoms with E-state index in [1.54, 1.807) is 17.2 Å². The zero-order valence-electron chi connectivity index (χ0n) is 26.8. The number of carboxylic acids is 1. The molecular formula is C36H39N5O4. The molecule has 4 heterocycles. The number of nitrogens with one attached hydrogen (secondary N) is 1. The van der Waals surface area contributed by atoms with Crippen molar-refractivity contribution < 1.29 is 19.5 Å². The maximum Gasteiger partial charge on any atom is 0.304 e. The van der Waals surface area contributed by atoms with Crippen LogP contribution in [-0.2, 0) is 18.9 Å². The third-order valence-electron chi connectivity index (χ3n) is 9.18. The SMILES string of the molecule is CC[C@H](CC(=O)O)N1C(C(=O)c2cn(C)c3cc(C)cc(C)c23)Nc2cccnc2C1C(=O)c1cn(C)c2cc(C)cc(C)c12. The molecule has 0 aliphatic carbocycles. The van der Waals surface area contributed by atoms with Gasteiger partial charge in [-0.15, -0.1) is 0 Å². The topological polar surface area (TPSA) is 109 Å². The van der Waals surface area contributed by atoms with Crippen molar-refractivity contribution in [2.45, 2.75) is 65.7 Å². The van der Waals surface area contributed by atoms with Crippen molar-refractivity contribution in [3.63, 3.8) is 0 Å². The van der Waals surface area contributed by atoms with Crippen molar-refractivity contribution in [2.24, 2.45) is 14.1 Å². The van der Waals surface area contributed by atoms with Gasteiger partial charge in [0.1, 0.15) is 12.2 Å². The van der Waals surface area contributed by atoms with Gasteiger partial charge in [0, 0.05) is 71.7 Å². The Labute approximate surface area is 262 Å².